The number of carbonyl (C=O) groups excluding carboxylic acids is 1. The highest BCUT2D eigenvalue weighted by atomic mass is 16.6. The van der Waals surface area contributed by atoms with Gasteiger partial charge in [-0.1, -0.05) is 84.5 Å². The highest BCUT2D eigenvalue weighted by molar-refractivity contribution is 5.80. The van der Waals surface area contributed by atoms with Crippen molar-refractivity contribution in [1.29, 1.82) is 0 Å². The van der Waals surface area contributed by atoms with Crippen LogP contribution in [0.5, 0.6) is 11.5 Å². The summed E-state index contributed by atoms with van der Waals surface area (Å²) in [4.78, 5) is 31.2. The normalized spacial score (nSPS) is 11.5. The maximum absolute atomic E-state index is 12.5. The molecule has 0 radical (unpaired) electrons. The Morgan fingerprint density at radius 2 is 1.38 bits per heavy atom. The highest BCUT2D eigenvalue weighted by Crippen LogP contribution is 2.25. The van der Waals surface area contributed by atoms with E-state index in [1.165, 1.54) is 0 Å². The van der Waals surface area contributed by atoms with Gasteiger partial charge in [-0.3, -0.25) is 4.90 Å². The Morgan fingerprint density at radius 3 is 2.00 bits per heavy atom. The zero-order valence-electron chi connectivity index (χ0n) is 29.4. The zero-order valence-corrected chi connectivity index (χ0v) is 29.4. The van der Waals surface area contributed by atoms with E-state index in [0.717, 1.165) is 22.2 Å². The monoisotopic (exact) mass is 699 g/mol. The summed E-state index contributed by atoms with van der Waals surface area (Å²) in [6.45, 7) is 6.56. The van der Waals surface area contributed by atoms with Crippen LogP contribution in [-0.4, -0.2) is 58.5 Å². The first-order chi connectivity index (χ1) is 25.1. The fraction of sp³-hybridized carbons (Fsp3) is 0.262. The SMILES string of the molecule is CC(C)(C)OC(=O)N[C@@H](CCN(Cc1ccccc1OCC#Cc1ccccc1)Cc1ccccc1OCC#Cc1nc2ccccc2o1)C(=O)O. The van der Waals surface area contributed by atoms with Crippen LogP contribution in [0.25, 0.3) is 11.1 Å². The largest absolute Gasteiger partial charge is 0.481 e. The summed E-state index contributed by atoms with van der Waals surface area (Å²) in [6, 6.07) is 31.2. The number of rotatable bonds is 13. The van der Waals surface area contributed by atoms with Gasteiger partial charge in [-0.05, 0) is 69.5 Å². The number of carboxylic acids is 1. The molecule has 2 N–H and O–H groups in total. The van der Waals surface area contributed by atoms with Crippen LogP contribution in [0.15, 0.2) is 108 Å². The summed E-state index contributed by atoms with van der Waals surface area (Å²) in [6.07, 6.45) is -0.682. The van der Waals surface area contributed by atoms with Gasteiger partial charge in [-0.2, -0.15) is 0 Å². The van der Waals surface area contributed by atoms with Gasteiger partial charge in [0.25, 0.3) is 5.89 Å². The minimum Gasteiger partial charge on any atom is -0.481 e. The highest BCUT2D eigenvalue weighted by Gasteiger charge is 2.25. The molecule has 0 unspecified atom stereocenters. The molecule has 4 aromatic carbocycles. The number of aromatic nitrogens is 1. The molecule has 5 rings (SSSR count). The number of carboxylic acid groups (broad SMARTS) is 1. The molecule has 10 heteroatoms. The summed E-state index contributed by atoms with van der Waals surface area (Å²) in [5.74, 6) is 12.5. The number of carbonyl (C=O) groups is 2. The van der Waals surface area contributed by atoms with Crippen molar-refractivity contribution in [3.8, 4) is 35.2 Å². The summed E-state index contributed by atoms with van der Waals surface area (Å²) in [7, 11) is 0. The molecule has 0 fully saturated rings. The van der Waals surface area contributed by atoms with Crippen molar-refractivity contribution in [2.24, 2.45) is 0 Å². The molecule has 10 nitrogen and oxygen atoms in total. The number of benzene rings is 4. The lowest BCUT2D eigenvalue weighted by Gasteiger charge is -2.27. The first-order valence-electron chi connectivity index (χ1n) is 16.9. The Bertz CT molecular complexity index is 2050. The number of hydrogen-bond donors (Lipinski definition) is 2. The van der Waals surface area contributed by atoms with E-state index in [0.29, 0.717) is 42.6 Å². The smallest absolute Gasteiger partial charge is 0.408 e. The van der Waals surface area contributed by atoms with E-state index >= 15 is 0 Å². The van der Waals surface area contributed by atoms with Gasteiger partial charge in [0.1, 0.15) is 41.9 Å². The van der Waals surface area contributed by atoms with Crippen LogP contribution in [-0.2, 0) is 22.6 Å². The lowest BCUT2D eigenvalue weighted by atomic mass is 10.1. The number of ether oxygens (including phenoxy) is 3. The molecule has 1 atom stereocenters. The molecule has 0 aliphatic carbocycles. The maximum Gasteiger partial charge on any atom is 0.408 e. The number of aliphatic carboxylic acids is 1. The van der Waals surface area contributed by atoms with Gasteiger partial charge < -0.3 is 29.1 Å². The van der Waals surface area contributed by atoms with Crippen molar-refractivity contribution in [2.45, 2.75) is 51.9 Å². The molecule has 0 spiro atoms. The van der Waals surface area contributed by atoms with Crippen LogP contribution in [0, 0.1) is 23.7 Å². The zero-order chi connectivity index (χ0) is 36.8. The Balaban J connectivity index is 1.31. The second-order valence-electron chi connectivity index (χ2n) is 12.8. The minimum absolute atomic E-state index is 0.0946. The standard InChI is InChI=1S/C42H41N3O7/c1-42(2,3)52-41(48)44-35(40(46)47)25-26-45(29-32-18-7-10-21-36(32)49-27-13-17-31-15-5-4-6-16-31)30-33-19-8-11-22-37(33)50-28-14-24-39-43-34-20-9-12-23-38(34)51-39/h4-12,15-16,18-23,35H,25-30H2,1-3H3,(H,44,48)(H,46,47)/t35-/m0/s1. The molecule has 0 saturated carbocycles. The molecule has 266 valence electrons. The average molecular weight is 700 g/mol. The fourth-order valence-corrected chi connectivity index (χ4v) is 5.19. The van der Waals surface area contributed by atoms with Gasteiger partial charge in [-0.15, -0.1) is 0 Å². The molecule has 0 aliphatic rings. The Morgan fingerprint density at radius 1 is 0.808 bits per heavy atom. The topological polar surface area (TPSA) is 123 Å². The van der Waals surface area contributed by atoms with E-state index in [1.54, 1.807) is 20.8 Å². The molecule has 1 heterocycles. The number of alkyl carbamates (subject to hydrolysis) is 1. The second kappa shape index (κ2) is 18.1. The number of oxazole rings is 1. The van der Waals surface area contributed by atoms with E-state index in [2.05, 4.69) is 38.9 Å². The van der Waals surface area contributed by atoms with Crippen molar-refractivity contribution >= 4 is 23.2 Å². The molecule has 5 aromatic rings. The average Bonchev–Trinajstić information content (AvgIpc) is 3.54. The molecule has 0 saturated heterocycles. The summed E-state index contributed by atoms with van der Waals surface area (Å²) in [5, 5.41) is 12.5. The fourth-order valence-electron chi connectivity index (χ4n) is 5.19. The Kier molecular flexibility index (Phi) is 12.9. The third kappa shape index (κ3) is 11.7. The third-order valence-corrected chi connectivity index (χ3v) is 7.55. The van der Waals surface area contributed by atoms with Crippen molar-refractivity contribution in [1.82, 2.24) is 15.2 Å². The van der Waals surface area contributed by atoms with Gasteiger partial charge in [0.05, 0.1) is 0 Å². The lowest BCUT2D eigenvalue weighted by Crippen LogP contribution is -2.45. The molecule has 0 aliphatic heterocycles. The predicted molar refractivity (Wildman–Crippen MR) is 198 cm³/mol. The van der Waals surface area contributed by atoms with Crippen molar-refractivity contribution in [2.75, 3.05) is 19.8 Å². The van der Waals surface area contributed by atoms with Crippen LogP contribution in [0.1, 0.15) is 49.8 Å². The van der Waals surface area contributed by atoms with Crippen LogP contribution in [0.2, 0.25) is 0 Å². The first-order valence-corrected chi connectivity index (χ1v) is 16.9. The first kappa shape index (κ1) is 37.0. The number of nitrogens with one attached hydrogen (secondary N) is 1. The maximum atomic E-state index is 12.5. The van der Waals surface area contributed by atoms with E-state index in [-0.39, 0.29) is 19.6 Å². The van der Waals surface area contributed by atoms with Crippen LogP contribution in [0.3, 0.4) is 0 Å². The van der Waals surface area contributed by atoms with E-state index in [9.17, 15) is 14.7 Å². The molecule has 52 heavy (non-hydrogen) atoms. The van der Waals surface area contributed by atoms with E-state index in [4.69, 9.17) is 18.6 Å². The Hall–Kier alpha value is -6.23. The van der Waals surface area contributed by atoms with Crippen LogP contribution < -0.4 is 14.8 Å². The van der Waals surface area contributed by atoms with Gasteiger partial charge in [0.15, 0.2) is 5.58 Å². The van der Waals surface area contributed by atoms with Gasteiger partial charge in [-0.25, -0.2) is 14.6 Å². The predicted octanol–water partition coefficient (Wildman–Crippen LogP) is 7.06. The number of para-hydroxylation sites is 4. The van der Waals surface area contributed by atoms with Gasteiger partial charge in [0, 0.05) is 36.3 Å². The summed E-state index contributed by atoms with van der Waals surface area (Å²) in [5.41, 5.74) is 3.28. The number of hydrogen-bond acceptors (Lipinski definition) is 8. The lowest BCUT2D eigenvalue weighted by molar-refractivity contribution is -0.139. The van der Waals surface area contributed by atoms with Crippen molar-refractivity contribution < 1.29 is 33.3 Å². The number of fused-ring (bicyclic) bond motifs is 1. The van der Waals surface area contributed by atoms with Crippen molar-refractivity contribution in [3.05, 3.63) is 126 Å². The minimum atomic E-state index is -1.18. The number of amides is 1. The Labute approximate surface area is 303 Å². The van der Waals surface area contributed by atoms with Gasteiger partial charge >= 0.3 is 12.1 Å². The quantitative estimate of drug-likeness (QED) is 0.124. The van der Waals surface area contributed by atoms with Crippen LogP contribution >= 0.6 is 0 Å². The third-order valence-electron chi connectivity index (χ3n) is 7.55. The van der Waals surface area contributed by atoms with Crippen LogP contribution in [0.4, 0.5) is 4.79 Å². The molecule has 1 aromatic heterocycles. The molecular weight excluding hydrogens is 658 g/mol. The van der Waals surface area contributed by atoms with Gasteiger partial charge in [0.2, 0.25) is 0 Å². The van der Waals surface area contributed by atoms with E-state index in [1.807, 2.05) is 103 Å². The summed E-state index contributed by atoms with van der Waals surface area (Å²) >= 11 is 0. The summed E-state index contributed by atoms with van der Waals surface area (Å²) < 4.78 is 23.2. The van der Waals surface area contributed by atoms with E-state index < -0.39 is 23.7 Å². The van der Waals surface area contributed by atoms with Crippen molar-refractivity contribution in [3.63, 3.8) is 0 Å². The molecule has 1 amide bonds. The number of nitrogens with zero attached hydrogens (tertiary/aromatic N) is 2. The molecule has 0 bridgehead atoms. The molecular formula is C42H41N3O7. The second-order valence-corrected chi connectivity index (χ2v) is 12.8.